The molecule has 264 valence electrons. The molecule has 2 aliphatic heterocycles. The number of hydrogen-bond acceptors (Lipinski definition) is 16. The van der Waals surface area contributed by atoms with Gasteiger partial charge < -0.3 is 36.6 Å². The molecule has 8 N–H and O–H groups in total. The lowest BCUT2D eigenvalue weighted by Crippen LogP contribution is -2.68. The zero-order valence-electron chi connectivity index (χ0n) is 25.6. The van der Waals surface area contributed by atoms with E-state index in [0.717, 1.165) is 37.4 Å². The number of nitrogens with two attached hydrogens (primary N) is 1. The van der Waals surface area contributed by atoms with Crippen LogP contribution in [0.2, 0.25) is 0 Å². The maximum Gasteiger partial charge on any atom is 0.350 e. The number of ketones is 1. The highest BCUT2D eigenvalue weighted by molar-refractivity contribution is 7.88. The lowest BCUT2D eigenvalue weighted by molar-refractivity contribution is -0.161. The average Bonchev–Trinajstić information content (AvgIpc) is 3.59. The van der Waals surface area contributed by atoms with E-state index in [1.807, 2.05) is 0 Å². The molecule has 4 heterocycles. The maximum atomic E-state index is 13.4. The van der Waals surface area contributed by atoms with Crippen molar-refractivity contribution in [2.75, 3.05) is 12.3 Å². The Morgan fingerprint density at radius 1 is 1.22 bits per heavy atom. The third kappa shape index (κ3) is 7.53. The minimum atomic E-state index is -4.92. The first-order valence-corrected chi connectivity index (χ1v) is 16.1. The third-order valence-electron chi connectivity index (χ3n) is 7.21. The van der Waals surface area contributed by atoms with Gasteiger partial charge in [-0.3, -0.25) is 24.1 Å². The Balaban J connectivity index is 1.38. The molecule has 2 fully saturated rings. The number of aliphatic carboxylic acids is 1. The molecule has 6 amide bonds. The number of pyridine rings is 1. The third-order valence-corrected chi connectivity index (χ3v) is 9.41. The van der Waals surface area contributed by atoms with Crippen molar-refractivity contribution in [1.82, 2.24) is 34.3 Å². The van der Waals surface area contributed by atoms with Crippen molar-refractivity contribution >= 4 is 68.0 Å². The molecular weight excluding hydrogens is 698 g/mol. The van der Waals surface area contributed by atoms with Gasteiger partial charge in [-0.05, 0) is 20.8 Å². The highest BCUT2D eigenvalue weighted by Crippen LogP contribution is 2.30. The molecule has 0 saturated carbocycles. The summed E-state index contributed by atoms with van der Waals surface area (Å²) in [4.78, 5) is 96.4. The summed E-state index contributed by atoms with van der Waals surface area (Å²) in [6.07, 6.45) is 1.34. The Bertz CT molecular complexity index is 1940. The summed E-state index contributed by atoms with van der Waals surface area (Å²) in [7, 11) is -4.92. The van der Waals surface area contributed by atoms with Gasteiger partial charge in [-0.15, -0.1) is 0 Å². The zero-order chi connectivity index (χ0) is 36.6. The Labute approximate surface area is 279 Å². The summed E-state index contributed by atoms with van der Waals surface area (Å²) in [6.45, 7) is 2.54. The number of likely N-dealkylation sites (tertiary alicyclic amines) is 1. The van der Waals surface area contributed by atoms with Crippen molar-refractivity contribution in [3.63, 3.8) is 0 Å². The standard InChI is InChI=1S/C25H29N9O13S2/c1-10-17(19(38)18(15-7-27-22(26)48-15)30-47-25(2,3)21(40)41)20(39)34(10)24(43)31-49(45,46)33-8-11(4-16(33)37)29-23(42)28-6-12-5-13(35)14(36)9-32(12)44/h5,7,9-11,17,36,44H,4,6,8H2,1-3H3,(H2,26,27)(H,31,43)(H,40,41)(H2,28,29,42)/b30-18+/t10-,11-,17+/m0/s1. The van der Waals surface area contributed by atoms with Crippen LogP contribution in [-0.2, 0) is 40.8 Å². The van der Waals surface area contributed by atoms with Crippen LogP contribution in [0, 0.1) is 5.92 Å². The number of aromatic nitrogens is 2. The number of oxime groups is 1. The summed E-state index contributed by atoms with van der Waals surface area (Å²) < 4.78 is 28.2. The van der Waals surface area contributed by atoms with Crippen molar-refractivity contribution in [3.8, 4) is 5.75 Å². The quantitative estimate of drug-likeness (QED) is 0.0428. The second-order valence-electron chi connectivity index (χ2n) is 11.1. The Morgan fingerprint density at radius 2 is 1.90 bits per heavy atom. The largest absolute Gasteiger partial charge is 0.503 e. The minimum Gasteiger partial charge on any atom is -0.503 e. The topological polar surface area (TPSA) is 322 Å². The number of rotatable bonds is 11. The number of carbonyl (C=O) groups is 6. The van der Waals surface area contributed by atoms with Gasteiger partial charge in [-0.25, -0.2) is 28.4 Å². The number of anilines is 1. The molecular formula is C25H29N9O13S2. The molecule has 2 aliphatic rings. The monoisotopic (exact) mass is 727 g/mol. The highest BCUT2D eigenvalue weighted by Gasteiger charge is 2.54. The number of hydrogen-bond donors (Lipinski definition) is 7. The molecule has 2 aromatic heterocycles. The van der Waals surface area contributed by atoms with Gasteiger partial charge in [-0.1, -0.05) is 16.5 Å². The Morgan fingerprint density at radius 3 is 2.49 bits per heavy atom. The predicted octanol–water partition coefficient (Wildman–Crippen LogP) is -2.12. The van der Waals surface area contributed by atoms with Crippen molar-refractivity contribution in [2.45, 2.75) is 51.4 Å². The first kappa shape index (κ1) is 36.1. The molecule has 0 unspecified atom stereocenters. The van der Waals surface area contributed by atoms with Gasteiger partial charge in [-0.2, -0.15) is 13.1 Å². The summed E-state index contributed by atoms with van der Waals surface area (Å²) in [5, 5.41) is 36.6. The van der Waals surface area contributed by atoms with Gasteiger partial charge in [0.25, 0.3) is 0 Å². The summed E-state index contributed by atoms with van der Waals surface area (Å²) in [6, 6.07) is -3.87. The fourth-order valence-electron chi connectivity index (χ4n) is 4.51. The predicted molar refractivity (Wildman–Crippen MR) is 163 cm³/mol. The number of amides is 6. The maximum absolute atomic E-state index is 13.4. The fourth-order valence-corrected chi connectivity index (χ4v) is 6.33. The molecule has 4 rings (SSSR count). The number of β-lactam (4-membered cyclic amide) rings is 1. The Hall–Kier alpha value is -5.78. The van der Waals surface area contributed by atoms with Crippen LogP contribution >= 0.6 is 11.3 Å². The van der Waals surface area contributed by atoms with E-state index in [4.69, 9.17) is 10.6 Å². The van der Waals surface area contributed by atoms with Crippen LogP contribution in [0.5, 0.6) is 5.75 Å². The lowest BCUT2D eigenvalue weighted by Gasteiger charge is -2.42. The van der Waals surface area contributed by atoms with Crippen molar-refractivity contribution in [3.05, 3.63) is 39.3 Å². The molecule has 24 heteroatoms. The number of imide groups is 1. The van der Waals surface area contributed by atoms with E-state index in [1.165, 1.54) is 6.92 Å². The van der Waals surface area contributed by atoms with Gasteiger partial charge in [0.15, 0.2) is 16.6 Å². The van der Waals surface area contributed by atoms with Gasteiger partial charge in [0, 0.05) is 18.7 Å². The van der Waals surface area contributed by atoms with Crippen LogP contribution in [0.3, 0.4) is 0 Å². The van der Waals surface area contributed by atoms with E-state index < -0.39 is 106 Å². The van der Waals surface area contributed by atoms with E-state index in [1.54, 1.807) is 4.72 Å². The van der Waals surface area contributed by atoms with E-state index in [-0.39, 0.29) is 20.0 Å². The normalized spacial score (nSPS) is 19.7. The Kier molecular flexibility index (Phi) is 9.85. The SMILES string of the molecule is C[C@H]1[C@H](C(=O)/C(=N/OC(C)(C)C(=O)O)c2cnc(N)s2)C(=O)N1C(=O)NS(=O)(=O)N1C[C@@H](NC(=O)NCc2cc(=O)c(O)cn2O)CC1=O. The van der Waals surface area contributed by atoms with Crippen LogP contribution in [-0.4, -0.2) is 108 Å². The highest BCUT2D eigenvalue weighted by atomic mass is 32.2. The number of thiazole rings is 1. The molecule has 2 aromatic rings. The van der Waals surface area contributed by atoms with Crippen LogP contribution < -0.4 is 26.5 Å². The number of nitrogens with zero attached hydrogens (tertiary/aromatic N) is 5. The molecule has 0 spiro atoms. The zero-order valence-corrected chi connectivity index (χ0v) is 27.3. The van der Waals surface area contributed by atoms with E-state index in [0.29, 0.717) is 15.8 Å². The van der Waals surface area contributed by atoms with Crippen LogP contribution in [0.1, 0.15) is 37.8 Å². The fraction of sp³-hybridized carbons (Fsp3) is 0.400. The number of urea groups is 2. The average molecular weight is 728 g/mol. The van der Waals surface area contributed by atoms with Crippen molar-refractivity contribution in [2.24, 2.45) is 11.1 Å². The number of carboxylic acid groups (broad SMARTS) is 1. The number of Topliss-reactive ketones (excluding diaryl/α,β-unsaturated/α-hetero) is 1. The number of aromatic hydroxyl groups is 1. The van der Waals surface area contributed by atoms with Gasteiger partial charge in [0.2, 0.25) is 28.6 Å². The number of carbonyl (C=O) groups excluding carboxylic acids is 5. The molecule has 49 heavy (non-hydrogen) atoms. The molecule has 22 nitrogen and oxygen atoms in total. The number of carboxylic acids is 1. The lowest BCUT2D eigenvalue weighted by atomic mass is 9.83. The van der Waals surface area contributed by atoms with Crippen molar-refractivity contribution < 1.29 is 57.4 Å². The second-order valence-corrected chi connectivity index (χ2v) is 13.8. The van der Waals surface area contributed by atoms with Crippen LogP contribution in [0.15, 0.2) is 28.4 Å². The molecule has 0 aliphatic carbocycles. The van der Waals surface area contributed by atoms with Gasteiger partial charge in [0.1, 0.15) is 5.92 Å². The molecule has 0 bridgehead atoms. The minimum absolute atomic E-state index is 0.00843. The van der Waals surface area contributed by atoms with E-state index in [2.05, 4.69) is 20.8 Å². The second kappa shape index (κ2) is 13.4. The summed E-state index contributed by atoms with van der Waals surface area (Å²) in [5.41, 5.74) is 2.29. The van der Waals surface area contributed by atoms with E-state index in [9.17, 15) is 57.4 Å². The molecule has 0 aromatic carbocycles. The van der Waals surface area contributed by atoms with Gasteiger partial charge >= 0.3 is 28.2 Å². The molecule has 0 radical (unpaired) electrons. The summed E-state index contributed by atoms with van der Waals surface area (Å²) in [5.74, 6) is -6.88. The van der Waals surface area contributed by atoms with Crippen LogP contribution in [0.4, 0.5) is 14.7 Å². The molecule has 2 saturated heterocycles. The molecule has 3 atom stereocenters. The van der Waals surface area contributed by atoms with Crippen molar-refractivity contribution in [1.29, 1.82) is 0 Å². The van der Waals surface area contributed by atoms with E-state index >= 15 is 0 Å². The summed E-state index contributed by atoms with van der Waals surface area (Å²) >= 11 is 0.779. The van der Waals surface area contributed by atoms with Gasteiger partial charge in [0.05, 0.1) is 41.9 Å². The number of nitrogen functional groups attached to an aromatic ring is 1. The number of nitrogens with one attached hydrogen (secondary N) is 3. The first-order chi connectivity index (χ1) is 22.7. The smallest absolute Gasteiger partial charge is 0.350 e. The first-order valence-electron chi connectivity index (χ1n) is 13.9. The van der Waals surface area contributed by atoms with Crippen LogP contribution in [0.25, 0.3) is 0 Å².